The molecule has 3 rings (SSSR count). The Morgan fingerprint density at radius 2 is 1.91 bits per heavy atom. The lowest BCUT2D eigenvalue weighted by molar-refractivity contribution is -0.132. The van der Waals surface area contributed by atoms with E-state index in [1.165, 1.54) is 12.8 Å². The molecule has 22 heavy (non-hydrogen) atoms. The maximum atomic E-state index is 12.4. The zero-order valence-electron chi connectivity index (χ0n) is 12.8. The molecule has 0 saturated carbocycles. The van der Waals surface area contributed by atoms with E-state index in [0.29, 0.717) is 12.5 Å². The lowest BCUT2D eigenvalue weighted by Gasteiger charge is -2.35. The van der Waals surface area contributed by atoms with Crippen LogP contribution in [-0.2, 0) is 16.0 Å². The second-order valence-electron chi connectivity index (χ2n) is 6.12. The molecule has 2 heterocycles. The summed E-state index contributed by atoms with van der Waals surface area (Å²) in [5.74, 6) is 0.235. The molecule has 0 N–H and O–H groups in total. The van der Waals surface area contributed by atoms with Crippen molar-refractivity contribution in [2.75, 3.05) is 39.3 Å². The molecule has 2 aliphatic rings. The number of benzene rings is 1. The van der Waals surface area contributed by atoms with Crippen LogP contribution in [0.15, 0.2) is 28.7 Å². The van der Waals surface area contributed by atoms with Crippen molar-refractivity contribution < 1.29 is 9.53 Å². The highest BCUT2D eigenvalue weighted by Crippen LogP contribution is 2.15. The summed E-state index contributed by atoms with van der Waals surface area (Å²) >= 11 is 3.42. The van der Waals surface area contributed by atoms with Crippen molar-refractivity contribution in [2.45, 2.75) is 25.4 Å². The number of carbonyl (C=O) groups excluding carboxylic acids is 1. The highest BCUT2D eigenvalue weighted by molar-refractivity contribution is 9.10. The first-order chi connectivity index (χ1) is 10.7. The minimum absolute atomic E-state index is 0.235. The fourth-order valence-corrected chi connectivity index (χ4v) is 3.41. The molecule has 2 fully saturated rings. The first kappa shape index (κ1) is 16.0. The lowest BCUT2D eigenvalue weighted by atomic mass is 10.1. The fourth-order valence-electron chi connectivity index (χ4n) is 3.14. The SMILES string of the molecule is O=C(Cc1ccc(Br)cc1)N1CCN(C[C@@H]2CCCO2)CC1. The van der Waals surface area contributed by atoms with Crippen LogP contribution in [0.5, 0.6) is 0 Å². The Morgan fingerprint density at radius 1 is 1.18 bits per heavy atom. The predicted octanol–water partition coefficient (Wildman–Crippen LogP) is 2.31. The minimum Gasteiger partial charge on any atom is -0.377 e. The summed E-state index contributed by atoms with van der Waals surface area (Å²) in [5.41, 5.74) is 1.08. The standard InChI is InChI=1S/C17H23BrN2O2/c18-15-5-3-14(4-6-15)12-17(21)20-9-7-19(8-10-20)13-16-2-1-11-22-16/h3-6,16H,1-2,7-13H2/t16-/m0/s1. The second kappa shape index (κ2) is 7.57. The van der Waals surface area contributed by atoms with Crippen LogP contribution in [0.1, 0.15) is 18.4 Å². The normalized spacial score (nSPS) is 23.0. The van der Waals surface area contributed by atoms with Crippen molar-refractivity contribution in [2.24, 2.45) is 0 Å². The monoisotopic (exact) mass is 366 g/mol. The highest BCUT2D eigenvalue weighted by atomic mass is 79.9. The van der Waals surface area contributed by atoms with Crippen LogP contribution in [-0.4, -0.2) is 61.1 Å². The highest BCUT2D eigenvalue weighted by Gasteiger charge is 2.24. The van der Waals surface area contributed by atoms with E-state index >= 15 is 0 Å². The van der Waals surface area contributed by atoms with E-state index in [2.05, 4.69) is 20.8 Å². The summed E-state index contributed by atoms with van der Waals surface area (Å²) in [6.45, 7) is 5.53. The van der Waals surface area contributed by atoms with Crippen LogP contribution in [0.25, 0.3) is 0 Å². The topological polar surface area (TPSA) is 32.8 Å². The average molecular weight is 367 g/mol. The smallest absolute Gasteiger partial charge is 0.227 e. The number of piperazine rings is 1. The molecule has 4 nitrogen and oxygen atoms in total. The number of halogens is 1. The van der Waals surface area contributed by atoms with E-state index < -0.39 is 0 Å². The molecular weight excluding hydrogens is 344 g/mol. The molecule has 1 aromatic carbocycles. The number of rotatable bonds is 4. The Bertz CT molecular complexity index is 492. The van der Waals surface area contributed by atoms with E-state index in [0.717, 1.165) is 49.4 Å². The van der Waals surface area contributed by atoms with Gasteiger partial charge in [0, 0.05) is 43.8 Å². The van der Waals surface area contributed by atoms with E-state index in [-0.39, 0.29) is 5.91 Å². The van der Waals surface area contributed by atoms with Crippen LogP contribution in [0, 0.1) is 0 Å². The molecule has 0 aliphatic carbocycles. The number of hydrogen-bond acceptors (Lipinski definition) is 3. The van der Waals surface area contributed by atoms with E-state index in [1.807, 2.05) is 29.2 Å². The molecule has 0 bridgehead atoms. The largest absolute Gasteiger partial charge is 0.377 e. The van der Waals surface area contributed by atoms with Crippen LogP contribution < -0.4 is 0 Å². The molecule has 0 radical (unpaired) electrons. The average Bonchev–Trinajstić information content (AvgIpc) is 3.03. The zero-order chi connectivity index (χ0) is 15.4. The first-order valence-electron chi connectivity index (χ1n) is 8.07. The van der Waals surface area contributed by atoms with Gasteiger partial charge >= 0.3 is 0 Å². The zero-order valence-corrected chi connectivity index (χ0v) is 14.4. The number of nitrogens with zero attached hydrogens (tertiary/aromatic N) is 2. The number of carbonyl (C=O) groups is 1. The van der Waals surface area contributed by atoms with Gasteiger partial charge in [-0.1, -0.05) is 28.1 Å². The van der Waals surface area contributed by atoms with Crippen molar-refractivity contribution in [1.29, 1.82) is 0 Å². The molecular formula is C17H23BrN2O2. The first-order valence-corrected chi connectivity index (χ1v) is 8.86. The Balaban J connectivity index is 1.44. The molecule has 2 saturated heterocycles. The van der Waals surface area contributed by atoms with Gasteiger partial charge in [-0.15, -0.1) is 0 Å². The molecule has 120 valence electrons. The van der Waals surface area contributed by atoms with Crippen molar-refractivity contribution in [3.05, 3.63) is 34.3 Å². The van der Waals surface area contributed by atoms with Crippen LogP contribution >= 0.6 is 15.9 Å². The molecule has 5 heteroatoms. The molecule has 0 unspecified atom stereocenters. The summed E-state index contributed by atoms with van der Waals surface area (Å²) in [5, 5.41) is 0. The number of amides is 1. The minimum atomic E-state index is 0.235. The van der Waals surface area contributed by atoms with Crippen molar-refractivity contribution in [1.82, 2.24) is 9.80 Å². The summed E-state index contributed by atoms with van der Waals surface area (Å²) in [7, 11) is 0. The molecule has 1 aromatic rings. The Morgan fingerprint density at radius 3 is 2.55 bits per heavy atom. The maximum absolute atomic E-state index is 12.4. The Labute approximate surface area is 140 Å². The third-order valence-electron chi connectivity index (χ3n) is 4.48. The van der Waals surface area contributed by atoms with E-state index in [4.69, 9.17) is 4.74 Å². The second-order valence-corrected chi connectivity index (χ2v) is 7.04. The predicted molar refractivity (Wildman–Crippen MR) is 89.8 cm³/mol. The van der Waals surface area contributed by atoms with Gasteiger partial charge < -0.3 is 9.64 Å². The van der Waals surface area contributed by atoms with Crippen molar-refractivity contribution in [3.8, 4) is 0 Å². The Hall–Kier alpha value is -0.910. The van der Waals surface area contributed by atoms with Crippen molar-refractivity contribution in [3.63, 3.8) is 0 Å². The van der Waals surface area contributed by atoms with Crippen molar-refractivity contribution >= 4 is 21.8 Å². The van der Waals surface area contributed by atoms with Gasteiger partial charge in [0.1, 0.15) is 0 Å². The van der Waals surface area contributed by atoms with Crippen LogP contribution in [0.4, 0.5) is 0 Å². The summed E-state index contributed by atoms with van der Waals surface area (Å²) in [6.07, 6.45) is 3.28. The van der Waals surface area contributed by atoms with Gasteiger partial charge in [-0.3, -0.25) is 9.69 Å². The number of ether oxygens (including phenoxy) is 1. The maximum Gasteiger partial charge on any atom is 0.227 e. The molecule has 2 aliphatic heterocycles. The Kier molecular flexibility index (Phi) is 5.50. The molecule has 1 atom stereocenters. The van der Waals surface area contributed by atoms with Crippen LogP contribution in [0.2, 0.25) is 0 Å². The molecule has 0 aromatic heterocycles. The van der Waals surface area contributed by atoms with Gasteiger partial charge in [0.05, 0.1) is 12.5 Å². The van der Waals surface area contributed by atoms with Gasteiger partial charge in [0.25, 0.3) is 0 Å². The third-order valence-corrected chi connectivity index (χ3v) is 5.01. The van der Waals surface area contributed by atoms with Gasteiger partial charge in [0.2, 0.25) is 5.91 Å². The lowest BCUT2D eigenvalue weighted by Crippen LogP contribution is -2.50. The quantitative estimate of drug-likeness (QED) is 0.819. The van der Waals surface area contributed by atoms with Crippen LogP contribution in [0.3, 0.4) is 0 Å². The third kappa shape index (κ3) is 4.31. The van der Waals surface area contributed by atoms with Gasteiger partial charge in [0.15, 0.2) is 0 Å². The van der Waals surface area contributed by atoms with Gasteiger partial charge in [-0.25, -0.2) is 0 Å². The molecule has 1 amide bonds. The summed E-state index contributed by atoms with van der Waals surface area (Å²) in [4.78, 5) is 16.8. The summed E-state index contributed by atoms with van der Waals surface area (Å²) in [6, 6.07) is 8.00. The van der Waals surface area contributed by atoms with Gasteiger partial charge in [-0.05, 0) is 30.5 Å². The van der Waals surface area contributed by atoms with E-state index in [1.54, 1.807) is 0 Å². The molecule has 0 spiro atoms. The fraction of sp³-hybridized carbons (Fsp3) is 0.588. The number of hydrogen-bond donors (Lipinski definition) is 0. The summed E-state index contributed by atoms with van der Waals surface area (Å²) < 4.78 is 6.74. The van der Waals surface area contributed by atoms with Gasteiger partial charge in [-0.2, -0.15) is 0 Å². The van der Waals surface area contributed by atoms with E-state index in [9.17, 15) is 4.79 Å².